The highest BCUT2D eigenvalue weighted by atomic mass is 35.5. The van der Waals surface area contributed by atoms with Crippen LogP contribution in [0.15, 0.2) is 30.5 Å². The molecule has 2 aromatic rings. The van der Waals surface area contributed by atoms with E-state index >= 15 is 0 Å². The Morgan fingerprint density at radius 3 is 2.52 bits per heavy atom. The number of carbonyl (C=O) groups is 1. The lowest BCUT2D eigenvalue weighted by molar-refractivity contribution is -0.385. The third-order valence-electron chi connectivity index (χ3n) is 4.85. The van der Waals surface area contributed by atoms with Crippen molar-refractivity contribution in [2.75, 3.05) is 25.1 Å². The van der Waals surface area contributed by atoms with E-state index in [0.717, 1.165) is 12.1 Å². The maximum Gasteiger partial charge on any atom is 0.417 e. The second kappa shape index (κ2) is 8.96. The SMILES string of the molecule is COc1ccc(OC(=O)C2CCN(c3ncc(C(F)(F)F)cc3Cl)CC2)c([N+](=O)[O-])c1. The van der Waals surface area contributed by atoms with Crippen LogP contribution in [-0.4, -0.2) is 36.1 Å². The number of carbonyl (C=O) groups excluding carboxylic acids is 1. The normalized spacial score (nSPS) is 14.9. The Morgan fingerprint density at radius 2 is 1.97 bits per heavy atom. The summed E-state index contributed by atoms with van der Waals surface area (Å²) in [7, 11) is 1.36. The largest absolute Gasteiger partial charge is 0.496 e. The van der Waals surface area contributed by atoms with Gasteiger partial charge in [0.25, 0.3) is 0 Å². The summed E-state index contributed by atoms with van der Waals surface area (Å²) in [5, 5.41) is 11.1. The van der Waals surface area contributed by atoms with Gasteiger partial charge in [-0.15, -0.1) is 0 Å². The van der Waals surface area contributed by atoms with E-state index in [-0.39, 0.29) is 22.3 Å². The van der Waals surface area contributed by atoms with Gasteiger partial charge in [0.1, 0.15) is 11.6 Å². The Morgan fingerprint density at radius 1 is 1.29 bits per heavy atom. The van der Waals surface area contributed by atoms with Crippen LogP contribution >= 0.6 is 11.6 Å². The molecule has 8 nitrogen and oxygen atoms in total. The number of rotatable bonds is 5. The second-order valence-electron chi connectivity index (χ2n) is 6.80. The lowest BCUT2D eigenvalue weighted by atomic mass is 9.97. The van der Waals surface area contributed by atoms with Gasteiger partial charge in [0.05, 0.1) is 34.6 Å². The van der Waals surface area contributed by atoms with E-state index in [1.54, 1.807) is 4.90 Å². The number of anilines is 1. The van der Waals surface area contributed by atoms with Crippen LogP contribution in [0.2, 0.25) is 5.02 Å². The number of esters is 1. The third kappa shape index (κ3) is 5.16. The first-order valence-electron chi connectivity index (χ1n) is 9.12. The van der Waals surface area contributed by atoms with Crippen molar-refractivity contribution in [1.29, 1.82) is 0 Å². The number of methoxy groups -OCH3 is 1. The van der Waals surface area contributed by atoms with Crippen LogP contribution in [0, 0.1) is 16.0 Å². The van der Waals surface area contributed by atoms with E-state index in [1.165, 1.54) is 19.2 Å². The lowest BCUT2D eigenvalue weighted by Crippen LogP contribution is -2.38. The second-order valence-corrected chi connectivity index (χ2v) is 7.21. The summed E-state index contributed by atoms with van der Waals surface area (Å²) in [6.45, 7) is 0.616. The summed E-state index contributed by atoms with van der Waals surface area (Å²) < 4.78 is 48.5. The van der Waals surface area contributed by atoms with Crippen molar-refractivity contribution in [2.45, 2.75) is 19.0 Å². The van der Waals surface area contributed by atoms with Gasteiger partial charge < -0.3 is 14.4 Å². The fourth-order valence-corrected chi connectivity index (χ4v) is 3.48. The zero-order chi connectivity index (χ0) is 22.8. The number of aromatic nitrogens is 1. The molecule has 0 unspecified atom stereocenters. The summed E-state index contributed by atoms with van der Waals surface area (Å²) >= 11 is 5.98. The summed E-state index contributed by atoms with van der Waals surface area (Å²) in [5.41, 5.74) is -1.34. The number of piperidine rings is 1. The first-order valence-corrected chi connectivity index (χ1v) is 9.49. The molecule has 166 valence electrons. The number of nitro groups is 1. The van der Waals surface area contributed by atoms with Crippen LogP contribution in [0.3, 0.4) is 0 Å². The maximum absolute atomic E-state index is 12.8. The molecule has 0 atom stereocenters. The molecule has 0 aliphatic carbocycles. The molecule has 1 aliphatic heterocycles. The predicted molar refractivity (Wildman–Crippen MR) is 104 cm³/mol. The van der Waals surface area contributed by atoms with E-state index < -0.39 is 34.2 Å². The minimum Gasteiger partial charge on any atom is -0.496 e. The van der Waals surface area contributed by atoms with Crippen molar-refractivity contribution in [3.8, 4) is 11.5 Å². The van der Waals surface area contributed by atoms with Gasteiger partial charge in [0.2, 0.25) is 5.75 Å². The van der Waals surface area contributed by atoms with Crippen molar-refractivity contribution in [2.24, 2.45) is 5.92 Å². The van der Waals surface area contributed by atoms with E-state index in [0.29, 0.717) is 32.1 Å². The Kier molecular flexibility index (Phi) is 6.54. The molecule has 1 saturated heterocycles. The number of hydrogen-bond acceptors (Lipinski definition) is 7. The molecule has 0 radical (unpaired) electrons. The van der Waals surface area contributed by atoms with Gasteiger partial charge >= 0.3 is 17.8 Å². The monoisotopic (exact) mass is 459 g/mol. The molecule has 3 rings (SSSR count). The van der Waals surface area contributed by atoms with Crippen molar-refractivity contribution < 1.29 is 32.4 Å². The van der Waals surface area contributed by atoms with Gasteiger partial charge in [-0.1, -0.05) is 11.6 Å². The smallest absolute Gasteiger partial charge is 0.417 e. The summed E-state index contributed by atoms with van der Waals surface area (Å²) in [6, 6.07) is 4.70. The number of hydrogen-bond donors (Lipinski definition) is 0. The van der Waals surface area contributed by atoms with Crippen molar-refractivity contribution in [1.82, 2.24) is 4.98 Å². The lowest BCUT2D eigenvalue weighted by Gasteiger charge is -2.32. The number of alkyl halides is 3. The minimum atomic E-state index is -4.55. The Bertz CT molecular complexity index is 994. The van der Waals surface area contributed by atoms with E-state index in [2.05, 4.69) is 4.98 Å². The fourth-order valence-electron chi connectivity index (χ4n) is 3.19. The average molecular weight is 460 g/mol. The first kappa shape index (κ1) is 22.6. The molecule has 2 heterocycles. The summed E-state index contributed by atoms with van der Waals surface area (Å²) in [6.07, 6.45) is -3.19. The quantitative estimate of drug-likeness (QED) is 0.281. The van der Waals surface area contributed by atoms with Crippen LogP contribution in [0.4, 0.5) is 24.7 Å². The Labute approximate surface area is 179 Å². The molecule has 1 fully saturated rings. The third-order valence-corrected chi connectivity index (χ3v) is 5.13. The standard InChI is InChI=1S/C19H17ClF3N3O5/c1-30-13-2-3-16(15(9-13)26(28)29)31-18(27)11-4-6-25(7-5-11)17-14(20)8-12(10-24-17)19(21,22)23/h2-3,8-11H,4-7H2,1H3. The zero-order valence-corrected chi connectivity index (χ0v) is 16.9. The molecule has 0 amide bonds. The van der Waals surface area contributed by atoms with Crippen LogP contribution in [0.25, 0.3) is 0 Å². The van der Waals surface area contributed by atoms with Gasteiger partial charge in [-0.2, -0.15) is 13.2 Å². The maximum atomic E-state index is 12.8. The minimum absolute atomic E-state index is 0.135. The van der Waals surface area contributed by atoms with Crippen LogP contribution in [0.1, 0.15) is 18.4 Å². The molecular formula is C19H17ClF3N3O5. The first-order chi connectivity index (χ1) is 14.6. The number of benzene rings is 1. The Balaban J connectivity index is 1.65. The average Bonchev–Trinajstić information content (AvgIpc) is 2.73. The molecule has 1 aromatic carbocycles. The molecular weight excluding hydrogens is 443 g/mol. The van der Waals surface area contributed by atoms with Gasteiger partial charge in [-0.25, -0.2) is 4.98 Å². The van der Waals surface area contributed by atoms with Crippen molar-refractivity contribution in [3.63, 3.8) is 0 Å². The Hall–Kier alpha value is -3.08. The number of halogens is 4. The number of nitro benzene ring substituents is 1. The molecule has 31 heavy (non-hydrogen) atoms. The molecule has 0 spiro atoms. The molecule has 0 saturated carbocycles. The van der Waals surface area contributed by atoms with Crippen molar-refractivity contribution in [3.05, 3.63) is 51.2 Å². The van der Waals surface area contributed by atoms with Crippen LogP contribution in [-0.2, 0) is 11.0 Å². The molecule has 0 N–H and O–H groups in total. The van der Waals surface area contributed by atoms with Crippen molar-refractivity contribution >= 4 is 29.1 Å². The van der Waals surface area contributed by atoms with Gasteiger partial charge in [-0.3, -0.25) is 14.9 Å². The highest BCUT2D eigenvalue weighted by Crippen LogP contribution is 2.36. The summed E-state index contributed by atoms with van der Waals surface area (Å²) in [5.74, 6) is -0.899. The van der Waals surface area contributed by atoms with Gasteiger partial charge in [0.15, 0.2) is 0 Å². The highest BCUT2D eigenvalue weighted by molar-refractivity contribution is 6.33. The van der Waals surface area contributed by atoms with E-state index in [9.17, 15) is 28.1 Å². The molecule has 12 heteroatoms. The summed E-state index contributed by atoms with van der Waals surface area (Å²) in [4.78, 5) is 28.6. The molecule has 1 aliphatic rings. The van der Waals surface area contributed by atoms with E-state index in [4.69, 9.17) is 21.1 Å². The van der Waals surface area contributed by atoms with Crippen LogP contribution < -0.4 is 14.4 Å². The highest BCUT2D eigenvalue weighted by Gasteiger charge is 2.33. The van der Waals surface area contributed by atoms with Gasteiger partial charge in [-0.05, 0) is 31.0 Å². The predicted octanol–water partition coefficient (Wildman–Crippen LogP) is 4.49. The van der Waals surface area contributed by atoms with E-state index in [1.807, 2.05) is 0 Å². The number of ether oxygens (including phenoxy) is 2. The molecule has 0 bridgehead atoms. The fraction of sp³-hybridized carbons (Fsp3) is 0.368. The zero-order valence-electron chi connectivity index (χ0n) is 16.2. The molecule has 1 aromatic heterocycles. The topological polar surface area (TPSA) is 94.8 Å². The number of nitrogens with zero attached hydrogens (tertiary/aromatic N) is 3. The number of pyridine rings is 1. The van der Waals surface area contributed by atoms with Gasteiger partial charge in [0, 0.05) is 19.3 Å². The van der Waals surface area contributed by atoms with Crippen LogP contribution in [0.5, 0.6) is 11.5 Å².